The molecule has 4 heteroatoms. The van der Waals surface area contributed by atoms with Crippen molar-refractivity contribution in [1.29, 1.82) is 0 Å². The minimum Gasteiger partial charge on any atom is -0.287 e. The molecule has 3 rings (SSSR count). The van der Waals surface area contributed by atoms with Crippen molar-refractivity contribution in [2.24, 2.45) is 7.05 Å². The van der Waals surface area contributed by atoms with Crippen molar-refractivity contribution in [2.45, 2.75) is 0 Å². The number of nitrogens with zero attached hydrogens (tertiary/aromatic N) is 3. The Bertz CT molecular complexity index is 725. The van der Waals surface area contributed by atoms with Gasteiger partial charge in [-0.2, -0.15) is 4.52 Å². The summed E-state index contributed by atoms with van der Waals surface area (Å²) in [4.78, 5) is 16.4. The second kappa shape index (κ2) is 3.59. The van der Waals surface area contributed by atoms with Crippen LogP contribution in [0.1, 0.15) is 0 Å². The number of fused-ring (bicyclic) bond motifs is 1. The lowest BCUT2D eigenvalue weighted by molar-refractivity contribution is 0.681. The summed E-state index contributed by atoms with van der Waals surface area (Å²) in [7, 11) is 1.82. The molecule has 3 aromatic rings. The summed E-state index contributed by atoms with van der Waals surface area (Å²) in [6.07, 6.45) is 1.82. The average Bonchev–Trinajstić information content (AvgIpc) is 2.73. The van der Waals surface area contributed by atoms with Gasteiger partial charge in [-0.25, -0.2) is 4.98 Å². The van der Waals surface area contributed by atoms with Crippen molar-refractivity contribution >= 4 is 5.65 Å². The van der Waals surface area contributed by atoms with E-state index in [2.05, 4.69) is 4.98 Å². The van der Waals surface area contributed by atoms with E-state index < -0.39 is 0 Å². The summed E-state index contributed by atoms with van der Waals surface area (Å²) in [6.45, 7) is 0. The van der Waals surface area contributed by atoms with Crippen LogP contribution >= 0.6 is 0 Å². The Morgan fingerprint density at radius 1 is 1.12 bits per heavy atom. The summed E-state index contributed by atoms with van der Waals surface area (Å²) in [6, 6.07) is 13.1. The second-order valence-electron chi connectivity index (χ2n) is 3.91. The molecule has 0 fully saturated rings. The average molecular weight is 225 g/mol. The molecule has 0 aliphatic rings. The molecule has 0 bridgehead atoms. The molecule has 4 nitrogen and oxygen atoms in total. The molecule has 2 heterocycles. The SMILES string of the molecule is Cn1ccc2nc(-c3ccccc3)cc(=O)n21. The van der Waals surface area contributed by atoms with Gasteiger partial charge in [0.05, 0.1) is 5.69 Å². The third kappa shape index (κ3) is 1.54. The number of aryl methyl sites for hydroxylation is 1. The van der Waals surface area contributed by atoms with Crippen LogP contribution < -0.4 is 5.56 Å². The molecule has 2 aromatic heterocycles. The Morgan fingerprint density at radius 2 is 1.88 bits per heavy atom. The van der Waals surface area contributed by atoms with Gasteiger partial charge in [0.25, 0.3) is 5.56 Å². The van der Waals surface area contributed by atoms with Gasteiger partial charge in [0.15, 0.2) is 5.65 Å². The van der Waals surface area contributed by atoms with Gasteiger partial charge in [-0.1, -0.05) is 30.3 Å². The van der Waals surface area contributed by atoms with Gasteiger partial charge >= 0.3 is 0 Å². The molecule has 0 N–H and O–H groups in total. The Balaban J connectivity index is 2.30. The van der Waals surface area contributed by atoms with Gasteiger partial charge in [-0.15, -0.1) is 0 Å². The maximum atomic E-state index is 12.0. The normalized spacial score (nSPS) is 10.9. The van der Waals surface area contributed by atoms with Crippen LogP contribution in [0.4, 0.5) is 0 Å². The summed E-state index contributed by atoms with van der Waals surface area (Å²) >= 11 is 0. The van der Waals surface area contributed by atoms with Crippen LogP contribution in [0.25, 0.3) is 16.9 Å². The molecule has 0 aliphatic heterocycles. The number of aromatic nitrogens is 3. The van der Waals surface area contributed by atoms with Crippen LogP contribution in [0.2, 0.25) is 0 Å². The van der Waals surface area contributed by atoms with Gasteiger partial charge in [0, 0.05) is 30.9 Å². The maximum Gasteiger partial charge on any atom is 0.273 e. The zero-order chi connectivity index (χ0) is 11.8. The number of rotatable bonds is 1. The quantitative estimate of drug-likeness (QED) is 0.632. The van der Waals surface area contributed by atoms with Gasteiger partial charge < -0.3 is 0 Å². The molecule has 1 aromatic carbocycles. The lowest BCUT2D eigenvalue weighted by Gasteiger charge is -2.02. The third-order valence-corrected chi connectivity index (χ3v) is 2.75. The first-order chi connectivity index (χ1) is 8.25. The van der Waals surface area contributed by atoms with E-state index in [1.54, 1.807) is 10.7 Å². The zero-order valence-electron chi connectivity index (χ0n) is 9.37. The van der Waals surface area contributed by atoms with E-state index in [1.807, 2.05) is 49.6 Å². The van der Waals surface area contributed by atoms with Gasteiger partial charge in [0.1, 0.15) is 0 Å². The fourth-order valence-corrected chi connectivity index (χ4v) is 1.92. The Hall–Kier alpha value is -2.36. The fraction of sp³-hybridized carbons (Fsp3) is 0.0769. The molecule has 0 aliphatic carbocycles. The van der Waals surface area contributed by atoms with Crippen LogP contribution in [0, 0.1) is 0 Å². The van der Waals surface area contributed by atoms with Crippen molar-refractivity contribution < 1.29 is 0 Å². The van der Waals surface area contributed by atoms with E-state index in [-0.39, 0.29) is 5.56 Å². The highest BCUT2D eigenvalue weighted by atomic mass is 16.1. The molecule has 0 saturated carbocycles. The summed E-state index contributed by atoms with van der Waals surface area (Å²) < 4.78 is 3.26. The van der Waals surface area contributed by atoms with E-state index in [9.17, 15) is 4.79 Å². The molecule has 0 unspecified atom stereocenters. The first-order valence-corrected chi connectivity index (χ1v) is 5.36. The van der Waals surface area contributed by atoms with E-state index in [4.69, 9.17) is 0 Å². The van der Waals surface area contributed by atoms with Crippen LogP contribution in [0.15, 0.2) is 53.5 Å². The van der Waals surface area contributed by atoms with Crippen molar-refractivity contribution in [3.63, 3.8) is 0 Å². The third-order valence-electron chi connectivity index (χ3n) is 2.75. The standard InChI is InChI=1S/C13H11N3O/c1-15-8-7-12-14-11(9-13(17)16(12)15)10-5-3-2-4-6-10/h2-9H,1H3. The Kier molecular flexibility index (Phi) is 2.08. The van der Waals surface area contributed by atoms with Crippen molar-refractivity contribution in [2.75, 3.05) is 0 Å². The lowest BCUT2D eigenvalue weighted by Crippen LogP contribution is -2.18. The van der Waals surface area contributed by atoms with Crippen molar-refractivity contribution in [1.82, 2.24) is 14.2 Å². The Labute approximate surface area is 97.8 Å². The highest BCUT2D eigenvalue weighted by Crippen LogP contribution is 2.15. The molecule has 0 amide bonds. The Morgan fingerprint density at radius 3 is 2.65 bits per heavy atom. The number of benzene rings is 1. The van der Waals surface area contributed by atoms with Crippen LogP contribution in [-0.2, 0) is 7.05 Å². The zero-order valence-corrected chi connectivity index (χ0v) is 9.37. The molecule has 0 spiro atoms. The highest BCUT2D eigenvalue weighted by Gasteiger charge is 2.05. The van der Waals surface area contributed by atoms with E-state index in [0.29, 0.717) is 11.3 Å². The number of hydrogen-bond donors (Lipinski definition) is 0. The van der Waals surface area contributed by atoms with E-state index >= 15 is 0 Å². The fourth-order valence-electron chi connectivity index (χ4n) is 1.92. The minimum atomic E-state index is -0.0682. The van der Waals surface area contributed by atoms with Crippen LogP contribution in [-0.4, -0.2) is 14.2 Å². The molecular formula is C13H11N3O. The summed E-state index contributed by atoms with van der Waals surface area (Å²) in [5.41, 5.74) is 2.26. The smallest absolute Gasteiger partial charge is 0.273 e. The van der Waals surface area contributed by atoms with Gasteiger partial charge in [-0.3, -0.25) is 9.48 Å². The maximum absolute atomic E-state index is 12.0. The summed E-state index contributed by atoms with van der Waals surface area (Å²) in [5.74, 6) is 0. The molecule has 84 valence electrons. The minimum absolute atomic E-state index is 0.0682. The van der Waals surface area contributed by atoms with E-state index in [1.165, 1.54) is 4.52 Å². The monoisotopic (exact) mass is 225 g/mol. The molecule has 0 atom stereocenters. The molecule has 0 saturated heterocycles. The van der Waals surface area contributed by atoms with Gasteiger partial charge in [-0.05, 0) is 0 Å². The second-order valence-corrected chi connectivity index (χ2v) is 3.91. The van der Waals surface area contributed by atoms with Crippen molar-refractivity contribution in [3.8, 4) is 11.3 Å². The largest absolute Gasteiger partial charge is 0.287 e. The predicted molar refractivity (Wildman–Crippen MR) is 65.9 cm³/mol. The lowest BCUT2D eigenvalue weighted by atomic mass is 10.1. The molecular weight excluding hydrogens is 214 g/mol. The van der Waals surface area contributed by atoms with Gasteiger partial charge in [0.2, 0.25) is 0 Å². The van der Waals surface area contributed by atoms with Crippen LogP contribution in [0.5, 0.6) is 0 Å². The number of hydrogen-bond acceptors (Lipinski definition) is 2. The predicted octanol–water partition coefficient (Wildman–Crippen LogP) is 1.70. The summed E-state index contributed by atoms with van der Waals surface area (Å²) in [5, 5.41) is 0. The highest BCUT2D eigenvalue weighted by molar-refractivity contribution is 5.61. The molecule has 17 heavy (non-hydrogen) atoms. The molecule has 0 radical (unpaired) electrons. The topological polar surface area (TPSA) is 39.3 Å². The first kappa shape index (κ1) is 9.84. The van der Waals surface area contributed by atoms with E-state index in [0.717, 1.165) is 5.56 Å². The van der Waals surface area contributed by atoms with Crippen molar-refractivity contribution in [3.05, 3.63) is 59.0 Å². The van der Waals surface area contributed by atoms with Crippen LogP contribution in [0.3, 0.4) is 0 Å². The first-order valence-electron chi connectivity index (χ1n) is 5.36.